The lowest BCUT2D eigenvalue weighted by Crippen LogP contribution is -2.28. The highest BCUT2D eigenvalue weighted by Crippen LogP contribution is 2.14. The number of aromatic amines is 1. The van der Waals surface area contributed by atoms with Gasteiger partial charge < -0.3 is 10.1 Å². The molecule has 1 aromatic rings. The van der Waals surface area contributed by atoms with Gasteiger partial charge in [-0.3, -0.25) is 9.89 Å². The highest BCUT2D eigenvalue weighted by Gasteiger charge is 2.27. The first-order valence-electron chi connectivity index (χ1n) is 5.17. The third kappa shape index (κ3) is 5.62. The third-order valence-electron chi connectivity index (χ3n) is 1.96. The number of hydrogen-bond acceptors (Lipinski definition) is 4. The number of ether oxygens (including phenoxy) is 1. The van der Waals surface area contributed by atoms with Crippen LogP contribution in [0.2, 0.25) is 0 Å². The van der Waals surface area contributed by atoms with Gasteiger partial charge in [0.1, 0.15) is 18.8 Å². The van der Waals surface area contributed by atoms with Crippen LogP contribution in [-0.2, 0) is 9.53 Å². The minimum Gasteiger partial charge on any atom is -0.372 e. The molecule has 0 saturated carbocycles. The van der Waals surface area contributed by atoms with Crippen LogP contribution in [0.1, 0.15) is 25.2 Å². The maximum atomic E-state index is 11.7. The zero-order chi connectivity index (χ0) is 13.6. The smallest absolute Gasteiger partial charge is 0.372 e. The molecule has 1 unspecified atom stereocenters. The number of rotatable bonds is 6. The van der Waals surface area contributed by atoms with Gasteiger partial charge in [0.05, 0.1) is 12.6 Å². The van der Waals surface area contributed by atoms with E-state index in [1.165, 1.54) is 6.33 Å². The summed E-state index contributed by atoms with van der Waals surface area (Å²) in [5.41, 5.74) is 0. The number of carbonyl (C=O) groups is 1. The van der Waals surface area contributed by atoms with Crippen LogP contribution in [0, 0.1) is 0 Å². The summed E-state index contributed by atoms with van der Waals surface area (Å²) in [5, 5.41) is 8.74. The quantitative estimate of drug-likeness (QED) is 0.751. The molecule has 0 fully saturated rings. The Labute approximate surface area is 101 Å². The zero-order valence-electron chi connectivity index (χ0n) is 9.62. The van der Waals surface area contributed by atoms with E-state index < -0.39 is 18.7 Å². The Hall–Kier alpha value is -1.64. The van der Waals surface area contributed by atoms with Crippen LogP contribution >= 0.6 is 0 Å². The Kier molecular flexibility index (Phi) is 5.08. The molecule has 2 N–H and O–H groups in total. The molecule has 9 heteroatoms. The van der Waals surface area contributed by atoms with Crippen molar-refractivity contribution in [1.82, 2.24) is 20.5 Å². The molecule has 1 amide bonds. The average Bonchev–Trinajstić information content (AvgIpc) is 2.76. The van der Waals surface area contributed by atoms with Gasteiger partial charge in [-0.2, -0.15) is 18.3 Å². The summed E-state index contributed by atoms with van der Waals surface area (Å²) >= 11 is 0. The molecule has 0 saturated heterocycles. The first-order chi connectivity index (χ1) is 8.38. The van der Waals surface area contributed by atoms with Crippen molar-refractivity contribution in [3.8, 4) is 0 Å². The van der Waals surface area contributed by atoms with E-state index in [-0.39, 0.29) is 19.1 Å². The average molecular weight is 266 g/mol. The number of nitrogens with zero attached hydrogens (tertiary/aromatic N) is 2. The molecule has 0 bridgehead atoms. The first-order valence-corrected chi connectivity index (χ1v) is 5.17. The number of hydrogen-bond donors (Lipinski definition) is 2. The van der Waals surface area contributed by atoms with Gasteiger partial charge in [-0.15, -0.1) is 0 Å². The van der Waals surface area contributed by atoms with E-state index in [1.54, 1.807) is 6.92 Å². The minimum absolute atomic E-state index is 0.144. The van der Waals surface area contributed by atoms with Gasteiger partial charge in [-0.1, -0.05) is 0 Å². The van der Waals surface area contributed by atoms with Crippen LogP contribution < -0.4 is 5.32 Å². The van der Waals surface area contributed by atoms with E-state index in [9.17, 15) is 18.0 Å². The van der Waals surface area contributed by atoms with Crippen molar-refractivity contribution in [2.75, 3.05) is 13.2 Å². The van der Waals surface area contributed by atoms with Crippen molar-refractivity contribution in [2.45, 2.75) is 25.6 Å². The number of H-pyrrole nitrogens is 1. The maximum absolute atomic E-state index is 11.7. The van der Waals surface area contributed by atoms with Gasteiger partial charge in [0, 0.05) is 6.42 Å². The zero-order valence-corrected chi connectivity index (χ0v) is 9.62. The van der Waals surface area contributed by atoms with Crippen molar-refractivity contribution in [3.63, 3.8) is 0 Å². The van der Waals surface area contributed by atoms with Gasteiger partial charge in [0.2, 0.25) is 5.91 Å². The van der Waals surface area contributed by atoms with Crippen molar-refractivity contribution in [3.05, 3.63) is 12.2 Å². The second kappa shape index (κ2) is 6.34. The van der Waals surface area contributed by atoms with Crippen molar-refractivity contribution in [1.29, 1.82) is 0 Å². The fraction of sp³-hybridized carbons (Fsp3) is 0.667. The molecule has 0 aliphatic carbocycles. The Bertz CT molecular complexity index is 366. The minimum atomic E-state index is -4.37. The van der Waals surface area contributed by atoms with Crippen LogP contribution in [0.4, 0.5) is 13.2 Å². The predicted octanol–water partition coefficient (Wildman–Crippen LogP) is 0.951. The summed E-state index contributed by atoms with van der Waals surface area (Å²) in [4.78, 5) is 15.2. The summed E-state index contributed by atoms with van der Waals surface area (Å²) in [6.45, 7) is 0.0430. The summed E-state index contributed by atoms with van der Waals surface area (Å²) in [6, 6.07) is -0.386. The molecule has 18 heavy (non-hydrogen) atoms. The van der Waals surface area contributed by atoms with E-state index in [0.717, 1.165) is 0 Å². The summed E-state index contributed by atoms with van der Waals surface area (Å²) in [7, 11) is 0. The van der Waals surface area contributed by atoms with Gasteiger partial charge >= 0.3 is 6.18 Å². The summed E-state index contributed by atoms with van der Waals surface area (Å²) in [5.74, 6) is 0.0561. The standard InChI is InChI=1S/C9H13F3N4O2/c1-6(8-13-5-14-16-8)15-7(17)2-3-18-4-9(10,11)12/h5-6H,2-4H2,1H3,(H,15,17)(H,13,14,16). The van der Waals surface area contributed by atoms with Crippen LogP contribution in [0.5, 0.6) is 0 Å². The second-order valence-corrected chi connectivity index (χ2v) is 3.58. The molecule has 1 atom stereocenters. The largest absolute Gasteiger partial charge is 0.411 e. The van der Waals surface area contributed by atoms with Crippen molar-refractivity contribution in [2.24, 2.45) is 0 Å². The molecular formula is C9H13F3N4O2. The van der Waals surface area contributed by atoms with E-state index in [2.05, 4.69) is 25.2 Å². The Morgan fingerprint density at radius 3 is 2.89 bits per heavy atom. The molecule has 0 radical (unpaired) electrons. The lowest BCUT2D eigenvalue weighted by atomic mass is 10.3. The highest BCUT2D eigenvalue weighted by molar-refractivity contribution is 5.76. The number of alkyl halides is 3. The second-order valence-electron chi connectivity index (χ2n) is 3.58. The molecule has 6 nitrogen and oxygen atoms in total. The van der Waals surface area contributed by atoms with Gasteiger partial charge in [-0.05, 0) is 6.92 Å². The molecule has 102 valence electrons. The summed E-state index contributed by atoms with van der Waals surface area (Å²) in [6.07, 6.45) is -3.22. The molecule has 0 aliphatic heterocycles. The van der Waals surface area contributed by atoms with E-state index in [4.69, 9.17) is 0 Å². The Morgan fingerprint density at radius 1 is 1.61 bits per heavy atom. The Balaban J connectivity index is 2.18. The maximum Gasteiger partial charge on any atom is 0.411 e. The third-order valence-corrected chi connectivity index (χ3v) is 1.96. The van der Waals surface area contributed by atoms with Crippen LogP contribution in [0.15, 0.2) is 6.33 Å². The monoisotopic (exact) mass is 266 g/mol. The highest BCUT2D eigenvalue weighted by atomic mass is 19.4. The summed E-state index contributed by atoms with van der Waals surface area (Å²) < 4.78 is 39.5. The van der Waals surface area contributed by atoms with Crippen LogP contribution in [0.25, 0.3) is 0 Å². The number of amides is 1. The van der Waals surface area contributed by atoms with Crippen LogP contribution in [-0.4, -0.2) is 40.5 Å². The first kappa shape index (κ1) is 14.4. The number of aromatic nitrogens is 3. The fourth-order valence-electron chi connectivity index (χ4n) is 1.16. The topological polar surface area (TPSA) is 79.9 Å². The molecule has 1 heterocycles. The molecule has 0 aliphatic rings. The van der Waals surface area contributed by atoms with Crippen molar-refractivity contribution >= 4 is 5.91 Å². The molecular weight excluding hydrogens is 253 g/mol. The van der Waals surface area contributed by atoms with E-state index in [1.807, 2.05) is 0 Å². The van der Waals surface area contributed by atoms with Gasteiger partial charge in [0.15, 0.2) is 0 Å². The molecule has 0 aromatic carbocycles. The fourth-order valence-corrected chi connectivity index (χ4v) is 1.16. The molecule has 0 spiro atoms. The van der Waals surface area contributed by atoms with E-state index >= 15 is 0 Å². The lowest BCUT2D eigenvalue weighted by Gasteiger charge is -2.11. The van der Waals surface area contributed by atoms with Gasteiger partial charge in [0.25, 0.3) is 0 Å². The normalized spacial score (nSPS) is 13.3. The van der Waals surface area contributed by atoms with Crippen LogP contribution in [0.3, 0.4) is 0 Å². The number of carbonyl (C=O) groups excluding carboxylic acids is 1. The number of halogens is 3. The Morgan fingerprint density at radius 2 is 2.33 bits per heavy atom. The molecule has 1 rings (SSSR count). The lowest BCUT2D eigenvalue weighted by molar-refractivity contribution is -0.174. The SMILES string of the molecule is CC(NC(=O)CCOCC(F)(F)F)c1ncn[nH]1. The number of nitrogens with one attached hydrogen (secondary N) is 2. The van der Waals surface area contributed by atoms with Crippen molar-refractivity contribution < 1.29 is 22.7 Å². The van der Waals surface area contributed by atoms with Gasteiger partial charge in [-0.25, -0.2) is 4.98 Å². The molecule has 1 aromatic heterocycles. The van der Waals surface area contributed by atoms with E-state index in [0.29, 0.717) is 5.82 Å². The predicted molar refractivity (Wildman–Crippen MR) is 54.4 cm³/mol.